The first-order chi connectivity index (χ1) is 24.2. The van der Waals surface area contributed by atoms with E-state index in [9.17, 15) is 9.90 Å². The number of para-hydroxylation sites is 1. The molecule has 1 aliphatic carbocycles. The molecule has 8 rings (SSSR count). The first-order valence-corrected chi connectivity index (χ1v) is 19.8. The topological polar surface area (TPSA) is 54.6 Å². The van der Waals surface area contributed by atoms with Gasteiger partial charge in [0.05, 0.1) is 5.76 Å². The van der Waals surface area contributed by atoms with Gasteiger partial charge in [0.25, 0.3) is 0 Å². The van der Waals surface area contributed by atoms with Crippen molar-refractivity contribution in [1.29, 1.82) is 0 Å². The van der Waals surface area contributed by atoms with Crippen LogP contribution in [0.4, 0.5) is 0 Å². The Hall–Kier alpha value is -3.31. The third-order valence-electron chi connectivity index (χ3n) is 12.0. The van der Waals surface area contributed by atoms with Gasteiger partial charge in [-0.1, -0.05) is 87.9 Å². The van der Waals surface area contributed by atoms with E-state index in [1.165, 1.54) is 102 Å². The Morgan fingerprint density at radius 3 is 2.29 bits per heavy atom. The monoisotopic (exact) mass is 876 g/mol. The average Bonchev–Trinajstić information content (AvgIpc) is 3.83. The van der Waals surface area contributed by atoms with Crippen LogP contribution in [-0.4, -0.2) is 20.3 Å². The minimum Gasteiger partial charge on any atom is -0.512 e. The number of nitrogens with zero attached hydrogens (tertiary/aromatic N) is 2. The Bertz CT molecular complexity index is 2390. The van der Waals surface area contributed by atoms with Crippen molar-refractivity contribution in [2.24, 2.45) is 17.8 Å². The van der Waals surface area contributed by atoms with Crippen LogP contribution in [0.25, 0.3) is 59.1 Å². The van der Waals surface area contributed by atoms with E-state index >= 15 is 0 Å². The normalized spacial score (nSPS) is 14.3. The predicted molar refractivity (Wildman–Crippen MR) is 214 cm³/mol. The smallest absolute Gasteiger partial charge is 0.162 e. The van der Waals surface area contributed by atoms with Crippen molar-refractivity contribution in [3.63, 3.8) is 0 Å². The second kappa shape index (κ2) is 15.3. The van der Waals surface area contributed by atoms with E-state index in [0.717, 1.165) is 42.5 Å². The Balaban J connectivity index is 0.000000241. The maximum absolute atomic E-state index is 11.7. The molecule has 7 aromatic rings. The molecule has 269 valence electrons. The van der Waals surface area contributed by atoms with Crippen molar-refractivity contribution in [2.45, 2.75) is 106 Å². The summed E-state index contributed by atoms with van der Waals surface area (Å²) in [6.07, 6.45) is 13.6. The summed E-state index contributed by atoms with van der Waals surface area (Å²) in [6.45, 7) is 14.9. The number of aliphatic hydroxyl groups is 1. The summed E-state index contributed by atoms with van der Waals surface area (Å²) in [5.74, 6) is 1.35. The van der Waals surface area contributed by atoms with Crippen LogP contribution >= 0.6 is 11.3 Å². The van der Waals surface area contributed by atoms with E-state index < -0.39 is 0 Å². The molecule has 1 radical (unpaired) electrons. The summed E-state index contributed by atoms with van der Waals surface area (Å²) in [6, 6.07) is 17.5. The van der Waals surface area contributed by atoms with E-state index in [1.54, 1.807) is 5.56 Å². The molecule has 0 saturated heterocycles. The number of thiophene rings is 1. The number of allylic oxidation sites excluding steroid dienone is 2. The van der Waals surface area contributed by atoms with Crippen LogP contribution in [0.5, 0.6) is 0 Å². The third-order valence-corrected chi connectivity index (χ3v) is 13.1. The Morgan fingerprint density at radius 2 is 1.61 bits per heavy atom. The SMILES string of the molecule is CCC(CC)C(=O)/C=C(\O)C(CC)CC.Cc1sc2[c-]c3c4nccc5c(C)c(CC6CCCC6)c6c7ccccc7n(c3cc2c1C)c6c54.[Ir]. The number of pyridine rings is 2. The summed E-state index contributed by atoms with van der Waals surface area (Å²) in [7, 11) is 0. The molecule has 1 saturated carbocycles. The van der Waals surface area contributed by atoms with Crippen molar-refractivity contribution in [3.8, 4) is 0 Å². The predicted octanol–water partition coefficient (Wildman–Crippen LogP) is 12.9. The molecule has 0 amide bonds. The summed E-state index contributed by atoms with van der Waals surface area (Å²) in [4.78, 5) is 18.1. The summed E-state index contributed by atoms with van der Waals surface area (Å²) < 4.78 is 3.78. The van der Waals surface area contributed by atoms with Gasteiger partial charge in [-0.15, -0.1) is 12.1 Å². The first kappa shape index (κ1) is 37.4. The first-order valence-electron chi connectivity index (χ1n) is 19.0. The van der Waals surface area contributed by atoms with Gasteiger partial charge < -0.3 is 14.5 Å². The molecule has 1 fully saturated rings. The number of benzene rings is 3. The van der Waals surface area contributed by atoms with Crippen LogP contribution in [0.2, 0.25) is 0 Å². The zero-order valence-corrected chi connectivity index (χ0v) is 34.4. The number of fused-ring (bicyclic) bond motifs is 7. The van der Waals surface area contributed by atoms with Crippen LogP contribution in [0, 0.1) is 44.6 Å². The molecule has 4 aromatic heterocycles. The molecule has 1 aliphatic rings. The fourth-order valence-electron chi connectivity index (χ4n) is 8.78. The number of aromatic nitrogens is 2. The van der Waals surface area contributed by atoms with Gasteiger partial charge in [0, 0.05) is 66.0 Å². The van der Waals surface area contributed by atoms with E-state index in [-0.39, 0.29) is 43.5 Å². The Labute approximate surface area is 320 Å². The van der Waals surface area contributed by atoms with Crippen molar-refractivity contribution in [1.82, 2.24) is 9.38 Å². The molecule has 0 aliphatic heterocycles. The summed E-state index contributed by atoms with van der Waals surface area (Å²) in [5.41, 5.74) is 9.36. The molecular formula is C45H51IrN2O2S-. The number of carbonyl (C=O) groups excluding carboxylic acids is 1. The van der Waals surface area contributed by atoms with E-state index in [4.69, 9.17) is 4.98 Å². The third kappa shape index (κ3) is 6.40. The van der Waals surface area contributed by atoms with Crippen molar-refractivity contribution >= 4 is 76.2 Å². The van der Waals surface area contributed by atoms with Crippen LogP contribution in [0.15, 0.2) is 54.4 Å². The fraction of sp³-hybridized carbons (Fsp3) is 0.422. The molecule has 4 heterocycles. The van der Waals surface area contributed by atoms with Gasteiger partial charge in [-0.05, 0) is 113 Å². The molecule has 0 bridgehead atoms. The molecule has 1 N–H and O–H groups in total. The Kier molecular flexibility index (Phi) is 11.3. The molecule has 0 atom stereocenters. The van der Waals surface area contributed by atoms with Gasteiger partial charge in [0.2, 0.25) is 0 Å². The second-order valence-corrected chi connectivity index (χ2v) is 15.9. The maximum atomic E-state index is 11.7. The molecule has 0 spiro atoms. The van der Waals surface area contributed by atoms with Crippen LogP contribution in [-0.2, 0) is 31.3 Å². The van der Waals surface area contributed by atoms with Gasteiger partial charge in [-0.3, -0.25) is 4.79 Å². The molecule has 3 aromatic carbocycles. The van der Waals surface area contributed by atoms with Gasteiger partial charge in [-0.2, -0.15) is 11.3 Å². The molecular weight excluding hydrogens is 825 g/mol. The van der Waals surface area contributed by atoms with Gasteiger partial charge >= 0.3 is 0 Å². The molecule has 51 heavy (non-hydrogen) atoms. The zero-order chi connectivity index (χ0) is 35.3. The number of aliphatic hydroxyl groups excluding tert-OH is 1. The Morgan fingerprint density at radius 1 is 0.922 bits per heavy atom. The summed E-state index contributed by atoms with van der Waals surface area (Å²) in [5, 5.41) is 17.7. The minimum absolute atomic E-state index is 0. The van der Waals surface area contributed by atoms with Gasteiger partial charge in [0.1, 0.15) is 0 Å². The standard InChI is InChI=1S/C32H27N2S.C13H24O2.Ir/c1-17-19(3)35-28-16-25-27(15-23(17)28)34-26-11-7-6-10-22(26)29-24(14-20-8-4-5-9-20)18(2)21-12-13-33-31(25)30(21)32(29)34;1-5-10(6-2)12(14)9-13(15)11(7-3)8-4;/h6-7,10-13,15,20H,4-5,8-9,14H2,1-3H3;9-11,14H,5-8H2,1-4H3;/q-1;;/b;12-9-;. The fourth-order valence-corrected chi connectivity index (χ4v) is 9.82. The number of hydrogen-bond acceptors (Lipinski definition) is 4. The number of hydrogen-bond donors (Lipinski definition) is 1. The molecule has 0 unspecified atom stereocenters. The minimum atomic E-state index is 0. The maximum Gasteiger partial charge on any atom is 0.162 e. The van der Waals surface area contributed by atoms with Crippen molar-refractivity contribution in [3.05, 3.63) is 82.1 Å². The second-order valence-electron chi connectivity index (χ2n) is 14.7. The van der Waals surface area contributed by atoms with Gasteiger partial charge in [-0.25, -0.2) is 0 Å². The van der Waals surface area contributed by atoms with Crippen LogP contribution in [0.1, 0.15) is 101 Å². The van der Waals surface area contributed by atoms with E-state index in [2.05, 4.69) is 67.6 Å². The summed E-state index contributed by atoms with van der Waals surface area (Å²) >= 11 is 1.85. The van der Waals surface area contributed by atoms with Crippen LogP contribution in [0.3, 0.4) is 0 Å². The quantitative estimate of drug-likeness (QED) is 0.0517. The number of ketones is 1. The van der Waals surface area contributed by atoms with E-state index in [1.807, 2.05) is 45.2 Å². The van der Waals surface area contributed by atoms with Crippen LogP contribution < -0.4 is 0 Å². The number of aryl methyl sites for hydroxylation is 3. The zero-order valence-electron chi connectivity index (χ0n) is 31.2. The van der Waals surface area contributed by atoms with Crippen molar-refractivity contribution < 1.29 is 30.0 Å². The van der Waals surface area contributed by atoms with Crippen molar-refractivity contribution in [2.75, 3.05) is 0 Å². The van der Waals surface area contributed by atoms with Gasteiger partial charge in [0.15, 0.2) is 5.78 Å². The largest absolute Gasteiger partial charge is 0.512 e. The average molecular weight is 876 g/mol. The number of rotatable bonds is 9. The molecule has 6 heteroatoms. The van der Waals surface area contributed by atoms with E-state index in [0.29, 0.717) is 0 Å². The number of carbonyl (C=O) groups is 1. The molecule has 4 nitrogen and oxygen atoms in total.